The summed E-state index contributed by atoms with van der Waals surface area (Å²) >= 11 is 0. The molecule has 1 saturated heterocycles. The van der Waals surface area contributed by atoms with Crippen LogP contribution in [0.25, 0.3) is 16.7 Å². The van der Waals surface area contributed by atoms with Gasteiger partial charge < -0.3 is 9.47 Å². The van der Waals surface area contributed by atoms with Gasteiger partial charge in [-0.05, 0) is 49.3 Å². The summed E-state index contributed by atoms with van der Waals surface area (Å²) in [7, 11) is 0. The van der Waals surface area contributed by atoms with Crippen molar-refractivity contribution in [3.8, 4) is 11.7 Å². The molecule has 1 aliphatic carbocycles. The molecule has 1 N–H and O–H groups in total. The largest absolute Gasteiger partial charge is 0.459 e. The Kier molecular flexibility index (Phi) is 3.79. The van der Waals surface area contributed by atoms with Gasteiger partial charge in [-0.1, -0.05) is 12.1 Å². The number of fused-ring (bicyclic) bond motifs is 1. The summed E-state index contributed by atoms with van der Waals surface area (Å²) in [4.78, 5) is 19.6. The molecule has 1 atom stereocenters. The molecule has 27 heavy (non-hydrogen) atoms. The van der Waals surface area contributed by atoms with Crippen molar-refractivity contribution in [3.63, 3.8) is 0 Å². The van der Waals surface area contributed by atoms with Gasteiger partial charge in [-0.2, -0.15) is 4.98 Å². The van der Waals surface area contributed by atoms with Gasteiger partial charge in [0, 0.05) is 12.6 Å². The Morgan fingerprint density at radius 2 is 2.00 bits per heavy atom. The first-order valence-corrected chi connectivity index (χ1v) is 9.44. The minimum absolute atomic E-state index is 0.0767. The molecule has 0 amide bonds. The van der Waals surface area contributed by atoms with Gasteiger partial charge in [0.05, 0.1) is 18.9 Å². The molecule has 3 heterocycles. The van der Waals surface area contributed by atoms with Gasteiger partial charge in [-0.3, -0.25) is 9.78 Å². The zero-order valence-electron chi connectivity index (χ0n) is 15.5. The highest BCUT2D eigenvalue weighted by atomic mass is 16.6. The second-order valence-corrected chi connectivity index (χ2v) is 7.56. The summed E-state index contributed by atoms with van der Waals surface area (Å²) in [5, 5.41) is 5.02. The summed E-state index contributed by atoms with van der Waals surface area (Å²) in [6, 6.07) is 4.67. The Labute approximate surface area is 156 Å². The van der Waals surface area contributed by atoms with Crippen LogP contribution in [-0.4, -0.2) is 39.1 Å². The van der Waals surface area contributed by atoms with Crippen molar-refractivity contribution in [1.29, 1.82) is 0 Å². The lowest BCUT2D eigenvalue weighted by Crippen LogP contribution is -2.19. The fourth-order valence-electron chi connectivity index (χ4n) is 3.83. The Bertz CT molecular complexity index is 1050. The average Bonchev–Trinajstić information content (AvgIpc) is 3.19. The molecule has 0 bridgehead atoms. The molecule has 1 aromatic carbocycles. The molecule has 7 nitrogen and oxygen atoms in total. The smallest absolute Gasteiger partial charge is 0.298 e. The van der Waals surface area contributed by atoms with Gasteiger partial charge >= 0.3 is 0 Å². The van der Waals surface area contributed by atoms with Gasteiger partial charge in [0.15, 0.2) is 5.65 Å². The summed E-state index contributed by atoms with van der Waals surface area (Å²) < 4.78 is 12.8. The van der Waals surface area contributed by atoms with Gasteiger partial charge in [0.1, 0.15) is 11.5 Å². The molecule has 0 spiro atoms. The van der Waals surface area contributed by atoms with Crippen LogP contribution in [-0.2, 0) is 4.74 Å². The van der Waals surface area contributed by atoms with E-state index in [0.29, 0.717) is 30.2 Å². The third-order valence-electron chi connectivity index (χ3n) is 5.32. The molecule has 7 heteroatoms. The minimum atomic E-state index is -0.245. The highest BCUT2D eigenvalue weighted by Gasteiger charge is 2.25. The highest BCUT2D eigenvalue weighted by Crippen LogP contribution is 2.41. The van der Waals surface area contributed by atoms with Crippen LogP contribution in [0.1, 0.15) is 41.9 Å². The SMILES string of the molecule is Cc1cc(C2CC2)cc(C)c1-n1cc2c(=O)[nH]c(O[C@H]3CCOC3)nc2n1. The van der Waals surface area contributed by atoms with Gasteiger partial charge in [-0.15, -0.1) is 5.10 Å². The maximum absolute atomic E-state index is 12.5. The first-order valence-electron chi connectivity index (χ1n) is 9.44. The van der Waals surface area contributed by atoms with Crippen molar-refractivity contribution >= 4 is 11.0 Å². The van der Waals surface area contributed by atoms with Crippen LogP contribution in [0.2, 0.25) is 0 Å². The predicted octanol–water partition coefficient (Wildman–Crippen LogP) is 2.77. The third-order valence-corrected chi connectivity index (χ3v) is 5.32. The van der Waals surface area contributed by atoms with Crippen molar-refractivity contribution < 1.29 is 9.47 Å². The summed E-state index contributed by atoms with van der Waals surface area (Å²) in [6.07, 6.45) is 5.01. The second-order valence-electron chi connectivity index (χ2n) is 7.56. The molecule has 5 rings (SSSR count). The molecule has 140 valence electrons. The second kappa shape index (κ2) is 6.20. The molecular weight excluding hydrogens is 344 g/mol. The number of aromatic nitrogens is 4. The first kappa shape index (κ1) is 16.5. The van der Waals surface area contributed by atoms with E-state index in [0.717, 1.165) is 23.2 Å². The Balaban J connectivity index is 1.54. The number of hydrogen-bond donors (Lipinski definition) is 1. The number of aryl methyl sites for hydroxylation is 2. The van der Waals surface area contributed by atoms with E-state index >= 15 is 0 Å². The highest BCUT2D eigenvalue weighted by molar-refractivity contribution is 5.74. The Hall–Kier alpha value is -2.67. The van der Waals surface area contributed by atoms with Crippen molar-refractivity contribution in [2.45, 2.75) is 45.1 Å². The zero-order chi connectivity index (χ0) is 18.5. The number of hydrogen-bond acceptors (Lipinski definition) is 5. The standard InChI is InChI=1S/C20H22N4O3/c1-11-7-14(13-3-4-13)8-12(2)17(11)24-9-16-18(23-24)21-20(22-19(16)25)27-15-5-6-26-10-15/h7-9,13,15H,3-6,10H2,1-2H3,(H,21,22,23,25)/t15-/m0/s1. The van der Waals surface area contributed by atoms with E-state index in [1.807, 2.05) is 0 Å². The molecule has 0 radical (unpaired) electrons. The molecule has 3 aromatic rings. The summed E-state index contributed by atoms with van der Waals surface area (Å²) in [5.74, 6) is 0.705. The maximum atomic E-state index is 12.5. The topological polar surface area (TPSA) is 82.0 Å². The van der Waals surface area contributed by atoms with Crippen LogP contribution in [0.4, 0.5) is 0 Å². The average molecular weight is 366 g/mol. The molecular formula is C20H22N4O3. The van der Waals surface area contributed by atoms with Gasteiger partial charge in [0.25, 0.3) is 11.6 Å². The fourth-order valence-corrected chi connectivity index (χ4v) is 3.83. The number of nitrogens with zero attached hydrogens (tertiary/aromatic N) is 3. The van der Waals surface area contributed by atoms with Crippen LogP contribution in [0, 0.1) is 13.8 Å². The third kappa shape index (κ3) is 3.02. The predicted molar refractivity (Wildman–Crippen MR) is 101 cm³/mol. The number of aromatic amines is 1. The summed E-state index contributed by atoms with van der Waals surface area (Å²) in [5.41, 5.74) is 4.85. The van der Waals surface area contributed by atoms with E-state index in [1.54, 1.807) is 10.9 Å². The molecule has 0 unspecified atom stereocenters. The normalized spacial score (nSPS) is 19.7. The minimum Gasteiger partial charge on any atom is -0.459 e. The van der Waals surface area contributed by atoms with Crippen LogP contribution in [0.15, 0.2) is 23.1 Å². The van der Waals surface area contributed by atoms with E-state index in [9.17, 15) is 4.79 Å². The van der Waals surface area contributed by atoms with E-state index in [1.165, 1.54) is 18.4 Å². The van der Waals surface area contributed by atoms with Crippen molar-refractivity contribution in [2.75, 3.05) is 13.2 Å². The molecule has 2 fully saturated rings. The summed E-state index contributed by atoms with van der Waals surface area (Å²) in [6.45, 7) is 5.36. The van der Waals surface area contributed by atoms with E-state index in [2.05, 4.69) is 41.0 Å². The Morgan fingerprint density at radius 3 is 2.67 bits per heavy atom. The van der Waals surface area contributed by atoms with Crippen molar-refractivity contribution in [3.05, 3.63) is 45.4 Å². The van der Waals surface area contributed by atoms with Crippen LogP contribution < -0.4 is 10.3 Å². The number of nitrogens with one attached hydrogen (secondary N) is 1. The van der Waals surface area contributed by atoms with E-state index in [-0.39, 0.29) is 17.7 Å². The quantitative estimate of drug-likeness (QED) is 0.768. The zero-order valence-corrected chi connectivity index (χ0v) is 15.5. The van der Waals surface area contributed by atoms with Crippen LogP contribution in [0.5, 0.6) is 6.01 Å². The maximum Gasteiger partial charge on any atom is 0.298 e. The number of benzene rings is 1. The molecule has 1 saturated carbocycles. The number of ether oxygens (including phenoxy) is 2. The molecule has 2 aliphatic rings. The van der Waals surface area contributed by atoms with Gasteiger partial charge in [0.2, 0.25) is 0 Å². The lowest BCUT2D eigenvalue weighted by Gasteiger charge is -2.12. The number of H-pyrrole nitrogens is 1. The van der Waals surface area contributed by atoms with Crippen LogP contribution >= 0.6 is 0 Å². The van der Waals surface area contributed by atoms with E-state index < -0.39 is 0 Å². The van der Waals surface area contributed by atoms with Gasteiger partial charge in [-0.25, -0.2) is 4.68 Å². The monoisotopic (exact) mass is 366 g/mol. The first-order chi connectivity index (χ1) is 13.1. The molecule has 2 aromatic heterocycles. The lowest BCUT2D eigenvalue weighted by molar-refractivity contribution is 0.134. The molecule has 1 aliphatic heterocycles. The van der Waals surface area contributed by atoms with Crippen LogP contribution in [0.3, 0.4) is 0 Å². The Morgan fingerprint density at radius 1 is 1.22 bits per heavy atom. The fraction of sp³-hybridized carbons (Fsp3) is 0.450. The lowest BCUT2D eigenvalue weighted by atomic mass is 10.0. The van der Waals surface area contributed by atoms with Crippen molar-refractivity contribution in [2.24, 2.45) is 0 Å². The van der Waals surface area contributed by atoms with Crippen molar-refractivity contribution in [1.82, 2.24) is 19.7 Å². The van der Waals surface area contributed by atoms with E-state index in [4.69, 9.17) is 9.47 Å². The number of rotatable bonds is 4.